The number of ketones is 3. The minimum absolute atomic E-state index is 0.0356. The number of aliphatic hydroxyl groups excluding tert-OH is 2. The van der Waals surface area contributed by atoms with Crippen molar-refractivity contribution < 1.29 is 24.6 Å². The van der Waals surface area contributed by atoms with E-state index in [-0.39, 0.29) is 30.6 Å². The summed E-state index contributed by atoms with van der Waals surface area (Å²) in [5.74, 6) is 0.551. The summed E-state index contributed by atoms with van der Waals surface area (Å²) < 4.78 is 0. The Bertz CT molecular complexity index is 556. The summed E-state index contributed by atoms with van der Waals surface area (Å²) >= 11 is 0. The highest BCUT2D eigenvalue weighted by Crippen LogP contribution is 2.13. The van der Waals surface area contributed by atoms with Crippen molar-refractivity contribution in [2.45, 2.75) is 91.0 Å². The van der Waals surface area contributed by atoms with E-state index >= 15 is 0 Å². The average molecular weight is 456 g/mol. The molecule has 3 aliphatic rings. The third-order valence-electron chi connectivity index (χ3n) is 6.83. The maximum absolute atomic E-state index is 11.0. The molecule has 0 aromatic carbocycles. The van der Waals surface area contributed by atoms with Crippen LogP contribution in [0.3, 0.4) is 0 Å². The van der Waals surface area contributed by atoms with Gasteiger partial charge < -0.3 is 10.2 Å². The molecule has 0 bridgehead atoms. The smallest absolute Gasteiger partial charge is 0.149 e. The van der Waals surface area contributed by atoms with Crippen LogP contribution < -0.4 is 0 Å². The highest BCUT2D eigenvalue weighted by atomic mass is 16.3. The van der Waals surface area contributed by atoms with E-state index in [1.165, 1.54) is 32.6 Å². The van der Waals surface area contributed by atoms with E-state index in [9.17, 15) is 19.5 Å². The van der Waals surface area contributed by atoms with Crippen LogP contribution in [0.25, 0.3) is 0 Å². The van der Waals surface area contributed by atoms with Gasteiger partial charge in [-0.2, -0.15) is 0 Å². The molecule has 0 saturated carbocycles. The molecule has 0 amide bonds. The molecular weight excluding hydrogens is 410 g/mol. The van der Waals surface area contributed by atoms with Gasteiger partial charge in [-0.15, -0.1) is 0 Å². The summed E-state index contributed by atoms with van der Waals surface area (Å²) in [4.78, 5) is 39.1. The van der Waals surface area contributed by atoms with Gasteiger partial charge in [0.1, 0.15) is 17.3 Å². The molecule has 3 fully saturated rings. The fourth-order valence-corrected chi connectivity index (χ4v) is 4.32. The summed E-state index contributed by atoms with van der Waals surface area (Å²) in [5, 5.41) is 18.1. The Morgan fingerprint density at radius 3 is 1.41 bits per heavy atom. The van der Waals surface area contributed by atoms with Crippen LogP contribution in [0.5, 0.6) is 0 Å². The number of carbonyl (C=O) groups excluding carboxylic acids is 3. The first-order chi connectivity index (χ1) is 15.1. The van der Waals surface area contributed by atoms with Gasteiger partial charge >= 0.3 is 0 Å². The SMILES string of the molecule is CC(=O)[C@@H](C)N1CCCC1.CC(=O)[C@@H](CO)N1CCC(O)C1.CC(=O)[C@H](C)N1CCCC1. The number of rotatable bonds is 7. The molecule has 1 unspecified atom stereocenters. The molecule has 32 heavy (non-hydrogen) atoms. The average Bonchev–Trinajstić information content (AvgIpc) is 3.51. The Morgan fingerprint density at radius 2 is 1.16 bits per heavy atom. The molecule has 0 aromatic rings. The number of hydrogen-bond acceptors (Lipinski definition) is 8. The molecule has 0 aliphatic carbocycles. The van der Waals surface area contributed by atoms with Crippen LogP contribution in [-0.4, -0.2) is 112 Å². The Kier molecular flexibility index (Phi) is 13.4. The fraction of sp³-hybridized carbons (Fsp3) is 0.875. The van der Waals surface area contributed by atoms with Crippen LogP contribution in [0.1, 0.15) is 66.7 Å². The molecule has 3 saturated heterocycles. The number of nitrogens with zero attached hydrogens (tertiary/aromatic N) is 3. The Balaban J connectivity index is 0.000000241. The Labute approximate surface area is 193 Å². The normalized spacial score (nSPS) is 24.7. The first kappa shape index (κ1) is 28.8. The zero-order valence-electron chi connectivity index (χ0n) is 20.8. The maximum Gasteiger partial charge on any atom is 0.149 e. The van der Waals surface area contributed by atoms with E-state index in [2.05, 4.69) is 9.80 Å². The second kappa shape index (κ2) is 14.9. The molecule has 2 N–H and O–H groups in total. The van der Waals surface area contributed by atoms with Crippen molar-refractivity contribution in [1.29, 1.82) is 0 Å². The predicted molar refractivity (Wildman–Crippen MR) is 126 cm³/mol. The number of carbonyl (C=O) groups is 3. The number of aliphatic hydroxyl groups is 2. The standard InChI is InChI=1S/C8H15NO3.2C8H15NO/c1-6(11)8(5-10)9-3-2-7(12)4-9;2*1-7(8(2)10)9-5-3-4-6-9/h7-8,10,12H,2-5H2,1H3;2*7H,3-6H2,1-2H3/t7?,8-;2*7-/m110/s1. The third kappa shape index (κ3) is 9.75. The van der Waals surface area contributed by atoms with Gasteiger partial charge in [-0.05, 0) is 92.9 Å². The maximum atomic E-state index is 11.0. The van der Waals surface area contributed by atoms with Gasteiger partial charge in [-0.25, -0.2) is 0 Å². The molecule has 186 valence electrons. The van der Waals surface area contributed by atoms with Crippen molar-refractivity contribution in [3.05, 3.63) is 0 Å². The molecule has 0 aromatic heterocycles. The summed E-state index contributed by atoms with van der Waals surface area (Å²) in [6, 6.07) is -0.104. The van der Waals surface area contributed by atoms with Crippen LogP contribution in [0.15, 0.2) is 0 Å². The number of Topliss-reactive ketones (excluding diaryl/α,β-unsaturated/α-hetero) is 3. The summed E-state index contributed by atoms with van der Waals surface area (Å²) in [7, 11) is 0. The van der Waals surface area contributed by atoms with Gasteiger partial charge in [-0.3, -0.25) is 29.1 Å². The summed E-state index contributed by atoms with van der Waals surface area (Å²) in [6.07, 6.45) is 5.41. The quantitative estimate of drug-likeness (QED) is 0.589. The van der Waals surface area contributed by atoms with Gasteiger partial charge in [0.05, 0.1) is 30.8 Å². The predicted octanol–water partition coefficient (Wildman–Crippen LogP) is 1.12. The molecule has 0 spiro atoms. The Hall–Kier alpha value is -1.19. The minimum atomic E-state index is -0.415. The third-order valence-corrected chi connectivity index (χ3v) is 6.83. The summed E-state index contributed by atoms with van der Waals surface area (Å²) in [5.41, 5.74) is 0. The van der Waals surface area contributed by atoms with Crippen LogP contribution in [0.4, 0.5) is 0 Å². The van der Waals surface area contributed by atoms with Crippen molar-refractivity contribution in [3.8, 4) is 0 Å². The lowest BCUT2D eigenvalue weighted by atomic mass is 10.2. The lowest BCUT2D eigenvalue weighted by Crippen LogP contribution is -2.41. The molecule has 3 rings (SSSR count). The van der Waals surface area contributed by atoms with Crippen molar-refractivity contribution in [1.82, 2.24) is 14.7 Å². The second-order valence-electron chi connectivity index (χ2n) is 9.31. The molecule has 0 radical (unpaired) electrons. The summed E-state index contributed by atoms with van der Waals surface area (Å²) in [6.45, 7) is 14.3. The lowest BCUT2D eigenvalue weighted by Gasteiger charge is -2.22. The fourth-order valence-electron chi connectivity index (χ4n) is 4.32. The highest BCUT2D eigenvalue weighted by molar-refractivity contribution is 5.82. The van der Waals surface area contributed by atoms with Gasteiger partial charge in [-0.1, -0.05) is 0 Å². The van der Waals surface area contributed by atoms with Crippen LogP contribution >= 0.6 is 0 Å². The van der Waals surface area contributed by atoms with Crippen LogP contribution in [0.2, 0.25) is 0 Å². The van der Waals surface area contributed by atoms with Gasteiger partial charge in [0.2, 0.25) is 0 Å². The van der Waals surface area contributed by atoms with E-state index in [4.69, 9.17) is 5.11 Å². The molecular formula is C24H45N3O5. The first-order valence-corrected chi connectivity index (χ1v) is 12.1. The van der Waals surface area contributed by atoms with Crippen molar-refractivity contribution in [3.63, 3.8) is 0 Å². The monoisotopic (exact) mass is 455 g/mol. The van der Waals surface area contributed by atoms with E-state index in [1.54, 1.807) is 13.8 Å². The van der Waals surface area contributed by atoms with Crippen molar-refractivity contribution >= 4 is 17.3 Å². The molecule has 8 heteroatoms. The first-order valence-electron chi connectivity index (χ1n) is 12.1. The molecule has 4 atom stereocenters. The van der Waals surface area contributed by atoms with Crippen molar-refractivity contribution in [2.75, 3.05) is 45.9 Å². The van der Waals surface area contributed by atoms with Crippen LogP contribution in [-0.2, 0) is 14.4 Å². The highest BCUT2D eigenvalue weighted by Gasteiger charge is 2.29. The van der Waals surface area contributed by atoms with Gasteiger partial charge in [0.15, 0.2) is 0 Å². The Morgan fingerprint density at radius 1 is 0.750 bits per heavy atom. The topological polar surface area (TPSA) is 101 Å². The zero-order valence-corrected chi connectivity index (χ0v) is 20.8. The van der Waals surface area contributed by atoms with Gasteiger partial charge in [0.25, 0.3) is 0 Å². The van der Waals surface area contributed by atoms with Crippen molar-refractivity contribution in [2.24, 2.45) is 0 Å². The molecule has 3 heterocycles. The van der Waals surface area contributed by atoms with Gasteiger partial charge in [0, 0.05) is 13.1 Å². The van der Waals surface area contributed by atoms with Crippen LogP contribution in [0, 0.1) is 0 Å². The lowest BCUT2D eigenvalue weighted by molar-refractivity contribution is -0.123. The van der Waals surface area contributed by atoms with E-state index < -0.39 is 6.04 Å². The van der Waals surface area contributed by atoms with E-state index in [0.29, 0.717) is 31.1 Å². The second-order valence-corrected chi connectivity index (χ2v) is 9.31. The number of likely N-dealkylation sites (tertiary alicyclic amines) is 3. The van der Waals surface area contributed by atoms with E-state index in [1.807, 2.05) is 18.7 Å². The minimum Gasteiger partial charge on any atom is -0.394 e. The number of hydrogen-bond donors (Lipinski definition) is 2. The molecule has 8 nitrogen and oxygen atoms in total. The van der Waals surface area contributed by atoms with E-state index in [0.717, 1.165) is 26.2 Å². The number of β-amino-alcohol motifs (C(OH)–C–C–N with tert-alkyl or cyclic N) is 1. The molecule has 3 aliphatic heterocycles. The largest absolute Gasteiger partial charge is 0.394 e. The zero-order chi connectivity index (χ0) is 24.3.